The molecule has 0 spiro atoms. The molecule has 0 radical (unpaired) electrons. The van der Waals surface area contributed by atoms with Gasteiger partial charge in [0.05, 0.1) is 33.5 Å². The summed E-state index contributed by atoms with van der Waals surface area (Å²) in [5.74, 6) is 0.230. The normalized spacial score (nSPS) is 14.4. The number of aromatic nitrogens is 1. The molecule has 1 aromatic heterocycles. The van der Waals surface area contributed by atoms with Gasteiger partial charge in [0.15, 0.2) is 5.13 Å². The first-order chi connectivity index (χ1) is 18.8. The summed E-state index contributed by atoms with van der Waals surface area (Å²) < 4.78 is 34.6. The number of ether oxygens (including phenoxy) is 1. The third-order valence-corrected chi connectivity index (χ3v) is 9.14. The van der Waals surface area contributed by atoms with Gasteiger partial charge in [-0.2, -0.15) is 0 Å². The van der Waals surface area contributed by atoms with Crippen LogP contribution in [0.3, 0.4) is 0 Å². The number of thiazole rings is 1. The van der Waals surface area contributed by atoms with Gasteiger partial charge in [0.1, 0.15) is 5.75 Å². The number of anilines is 2. The zero-order chi connectivity index (χ0) is 27.4. The summed E-state index contributed by atoms with van der Waals surface area (Å²) in [5.41, 5.74) is 2.77. The van der Waals surface area contributed by atoms with Gasteiger partial charge in [0, 0.05) is 39.3 Å². The molecule has 1 aliphatic rings. The monoisotopic (exact) mass is 565 g/mol. The molecule has 1 fully saturated rings. The highest BCUT2D eigenvalue weighted by Gasteiger charge is 2.21. The highest BCUT2D eigenvalue weighted by atomic mass is 32.2. The zero-order valence-electron chi connectivity index (χ0n) is 21.9. The largest absolute Gasteiger partial charge is 0.497 e. The quantitative estimate of drug-likeness (QED) is 0.317. The van der Waals surface area contributed by atoms with Gasteiger partial charge in [0.2, 0.25) is 0 Å². The van der Waals surface area contributed by atoms with E-state index in [2.05, 4.69) is 45.0 Å². The molecular weight excluding hydrogens is 534 g/mol. The average Bonchev–Trinajstić information content (AvgIpc) is 3.37. The lowest BCUT2D eigenvalue weighted by Gasteiger charge is -2.34. The molecule has 0 atom stereocenters. The minimum atomic E-state index is -3.87. The molecule has 11 heteroatoms. The Morgan fingerprint density at radius 2 is 1.77 bits per heavy atom. The topological polar surface area (TPSA) is 104 Å². The fourth-order valence-corrected chi connectivity index (χ4v) is 6.66. The molecule has 1 saturated heterocycles. The molecule has 2 heterocycles. The number of benzene rings is 3. The molecule has 204 valence electrons. The Morgan fingerprint density at radius 3 is 2.51 bits per heavy atom. The molecule has 0 bridgehead atoms. The lowest BCUT2D eigenvalue weighted by atomic mass is 10.1. The number of nitrogens with zero attached hydrogens (tertiary/aromatic N) is 3. The van der Waals surface area contributed by atoms with Crippen LogP contribution >= 0.6 is 11.3 Å². The Balaban J connectivity index is 1.13. The van der Waals surface area contributed by atoms with Crippen molar-refractivity contribution in [1.29, 1.82) is 0 Å². The smallest absolute Gasteiger partial charge is 0.261 e. The number of rotatable bonds is 9. The minimum Gasteiger partial charge on any atom is -0.497 e. The van der Waals surface area contributed by atoms with Crippen LogP contribution in [0.4, 0.5) is 10.8 Å². The summed E-state index contributed by atoms with van der Waals surface area (Å²) in [6.45, 7) is 6.77. The molecule has 39 heavy (non-hydrogen) atoms. The predicted molar refractivity (Wildman–Crippen MR) is 156 cm³/mol. The maximum absolute atomic E-state index is 13.0. The number of amides is 1. The third-order valence-electron chi connectivity index (χ3n) is 6.67. The van der Waals surface area contributed by atoms with E-state index >= 15 is 0 Å². The number of methoxy groups -OCH3 is 1. The van der Waals surface area contributed by atoms with Crippen LogP contribution in [-0.4, -0.2) is 70.6 Å². The Bertz CT molecular complexity index is 1560. The molecule has 1 amide bonds. The van der Waals surface area contributed by atoms with Gasteiger partial charge in [-0.05, 0) is 61.0 Å². The molecule has 3 aromatic carbocycles. The number of fused-ring (bicyclic) bond motifs is 1. The first kappa shape index (κ1) is 26.9. The van der Waals surface area contributed by atoms with Crippen LogP contribution in [-0.2, 0) is 10.0 Å². The predicted octanol–water partition coefficient (Wildman–Crippen LogP) is 3.97. The van der Waals surface area contributed by atoms with Gasteiger partial charge in [-0.1, -0.05) is 29.5 Å². The summed E-state index contributed by atoms with van der Waals surface area (Å²) >= 11 is 1.73. The molecule has 4 aromatic rings. The number of piperazine rings is 1. The van der Waals surface area contributed by atoms with E-state index in [-0.39, 0.29) is 22.1 Å². The van der Waals surface area contributed by atoms with Crippen LogP contribution in [0, 0.1) is 6.92 Å². The second kappa shape index (κ2) is 11.6. The first-order valence-electron chi connectivity index (χ1n) is 12.7. The van der Waals surface area contributed by atoms with Crippen LogP contribution in [0.5, 0.6) is 5.75 Å². The Labute approximate surface area is 232 Å². The molecule has 1 aliphatic heterocycles. The van der Waals surface area contributed by atoms with Crippen molar-refractivity contribution in [2.75, 3.05) is 56.0 Å². The average molecular weight is 566 g/mol. The number of carbonyl (C=O) groups is 1. The van der Waals surface area contributed by atoms with Gasteiger partial charge in [0.25, 0.3) is 15.9 Å². The Morgan fingerprint density at radius 1 is 1.03 bits per heavy atom. The van der Waals surface area contributed by atoms with Crippen molar-refractivity contribution in [1.82, 2.24) is 15.2 Å². The Kier molecular flexibility index (Phi) is 8.01. The van der Waals surface area contributed by atoms with E-state index in [0.717, 1.165) is 36.8 Å². The summed E-state index contributed by atoms with van der Waals surface area (Å²) in [7, 11) is -2.36. The fraction of sp³-hybridized carbons (Fsp3) is 0.286. The number of para-hydroxylation sites is 1. The van der Waals surface area contributed by atoms with E-state index in [1.165, 1.54) is 29.5 Å². The standard InChI is InChI=1S/C28H31N5O4S2/c1-20-7-12-25-26(19-20)38-28(30-25)33-17-15-32(16-18-33)14-13-29-27(34)23-5-3-4-6-24(23)31-39(35,36)22-10-8-21(37-2)9-11-22/h3-12,19,31H,13-18H2,1-2H3,(H,29,34). The van der Waals surface area contributed by atoms with Crippen LogP contribution in [0.15, 0.2) is 71.6 Å². The van der Waals surface area contributed by atoms with Crippen LogP contribution < -0.4 is 19.7 Å². The first-order valence-corrected chi connectivity index (χ1v) is 15.0. The maximum Gasteiger partial charge on any atom is 0.261 e. The fourth-order valence-electron chi connectivity index (χ4n) is 4.47. The van der Waals surface area contributed by atoms with Crippen molar-refractivity contribution in [2.24, 2.45) is 0 Å². The van der Waals surface area contributed by atoms with E-state index in [1.807, 2.05) is 0 Å². The molecule has 0 saturated carbocycles. The van der Waals surface area contributed by atoms with Crippen molar-refractivity contribution in [2.45, 2.75) is 11.8 Å². The summed E-state index contributed by atoms with van der Waals surface area (Å²) in [5, 5.41) is 3.99. The second-order valence-electron chi connectivity index (χ2n) is 9.38. The lowest BCUT2D eigenvalue weighted by Crippen LogP contribution is -2.48. The van der Waals surface area contributed by atoms with Crippen molar-refractivity contribution < 1.29 is 17.9 Å². The van der Waals surface area contributed by atoms with Gasteiger partial charge >= 0.3 is 0 Å². The molecule has 9 nitrogen and oxygen atoms in total. The number of carbonyl (C=O) groups excluding carboxylic acids is 1. The second-order valence-corrected chi connectivity index (χ2v) is 12.1. The lowest BCUT2D eigenvalue weighted by molar-refractivity contribution is 0.0948. The minimum absolute atomic E-state index is 0.0821. The third kappa shape index (κ3) is 6.32. The SMILES string of the molecule is COc1ccc(S(=O)(=O)Nc2ccccc2C(=O)NCCN2CCN(c3nc4ccc(C)cc4s3)CC2)cc1. The van der Waals surface area contributed by atoms with E-state index in [4.69, 9.17) is 9.72 Å². The zero-order valence-corrected chi connectivity index (χ0v) is 23.5. The summed E-state index contributed by atoms with van der Waals surface area (Å²) in [6, 6.07) is 19.0. The van der Waals surface area contributed by atoms with Crippen molar-refractivity contribution in [3.8, 4) is 5.75 Å². The van der Waals surface area contributed by atoms with Crippen molar-refractivity contribution in [3.05, 3.63) is 77.9 Å². The van der Waals surface area contributed by atoms with E-state index < -0.39 is 10.0 Å². The highest BCUT2D eigenvalue weighted by Crippen LogP contribution is 2.30. The molecule has 0 aliphatic carbocycles. The molecular formula is C28H31N5O4S2. The maximum atomic E-state index is 13.0. The van der Waals surface area contributed by atoms with Crippen LogP contribution in [0.25, 0.3) is 10.2 Å². The number of sulfonamides is 1. The molecule has 0 unspecified atom stereocenters. The van der Waals surface area contributed by atoms with Crippen molar-refractivity contribution >= 4 is 48.3 Å². The van der Waals surface area contributed by atoms with E-state index in [1.54, 1.807) is 47.7 Å². The van der Waals surface area contributed by atoms with Gasteiger partial charge in [-0.25, -0.2) is 13.4 Å². The highest BCUT2D eigenvalue weighted by molar-refractivity contribution is 7.92. The molecule has 2 N–H and O–H groups in total. The van der Waals surface area contributed by atoms with E-state index in [0.29, 0.717) is 18.8 Å². The van der Waals surface area contributed by atoms with Crippen molar-refractivity contribution in [3.63, 3.8) is 0 Å². The van der Waals surface area contributed by atoms with Crippen LogP contribution in [0.2, 0.25) is 0 Å². The van der Waals surface area contributed by atoms with Gasteiger partial charge in [-0.3, -0.25) is 14.4 Å². The van der Waals surface area contributed by atoms with E-state index in [9.17, 15) is 13.2 Å². The Hall–Kier alpha value is -3.67. The summed E-state index contributed by atoms with van der Waals surface area (Å²) in [4.78, 5) is 22.5. The number of nitrogens with one attached hydrogen (secondary N) is 2. The number of hydrogen-bond acceptors (Lipinski definition) is 8. The summed E-state index contributed by atoms with van der Waals surface area (Å²) in [6.07, 6.45) is 0. The molecule has 5 rings (SSSR count). The number of hydrogen-bond donors (Lipinski definition) is 2. The van der Waals surface area contributed by atoms with Crippen LogP contribution in [0.1, 0.15) is 15.9 Å². The van der Waals surface area contributed by atoms with Gasteiger partial charge in [-0.15, -0.1) is 0 Å². The van der Waals surface area contributed by atoms with Gasteiger partial charge < -0.3 is 15.0 Å². The number of aryl methyl sites for hydroxylation is 1.